The third-order valence-electron chi connectivity index (χ3n) is 5.95. The lowest BCUT2D eigenvalue weighted by Gasteiger charge is -2.35. The predicted octanol–water partition coefficient (Wildman–Crippen LogP) is 3.68. The van der Waals surface area contributed by atoms with Crippen LogP contribution >= 0.6 is 22.9 Å². The van der Waals surface area contributed by atoms with Crippen LogP contribution in [0.3, 0.4) is 0 Å². The lowest BCUT2D eigenvalue weighted by molar-refractivity contribution is 0.260. The SMILES string of the molecule is Cc1sc2c(c1CCN1CCN(c3nsc4ccccc34)CC1)CCNC2. The number of anilines is 1. The molecule has 0 radical (unpaired) electrons. The summed E-state index contributed by atoms with van der Waals surface area (Å²) < 4.78 is 6.03. The highest BCUT2D eigenvalue weighted by molar-refractivity contribution is 7.13. The Balaban J connectivity index is 1.21. The van der Waals surface area contributed by atoms with Crippen LogP contribution in [-0.4, -0.2) is 48.5 Å². The molecule has 0 unspecified atom stereocenters. The number of aryl methyl sites for hydroxylation is 1. The number of fused-ring (bicyclic) bond motifs is 2. The van der Waals surface area contributed by atoms with Gasteiger partial charge in [-0.2, -0.15) is 4.37 Å². The van der Waals surface area contributed by atoms with Gasteiger partial charge in [-0.1, -0.05) is 12.1 Å². The fourth-order valence-corrected chi connectivity index (χ4v) is 6.45. The molecule has 0 amide bonds. The Morgan fingerprint density at radius 2 is 2.00 bits per heavy atom. The number of nitrogens with one attached hydrogen (secondary N) is 1. The zero-order valence-electron chi connectivity index (χ0n) is 15.8. The van der Waals surface area contributed by atoms with Gasteiger partial charge in [0.2, 0.25) is 0 Å². The number of thiophene rings is 1. The summed E-state index contributed by atoms with van der Waals surface area (Å²) in [5, 5.41) is 4.82. The molecule has 0 atom stereocenters. The topological polar surface area (TPSA) is 31.4 Å². The van der Waals surface area contributed by atoms with E-state index >= 15 is 0 Å². The lowest BCUT2D eigenvalue weighted by Crippen LogP contribution is -2.47. The highest BCUT2D eigenvalue weighted by Gasteiger charge is 2.22. The Bertz CT molecular complexity index is 937. The number of nitrogens with zero attached hydrogens (tertiary/aromatic N) is 3. The summed E-state index contributed by atoms with van der Waals surface area (Å²) in [4.78, 5) is 8.22. The first-order valence-corrected chi connectivity index (χ1v) is 11.5. The van der Waals surface area contributed by atoms with E-state index in [4.69, 9.17) is 4.37 Å². The first kappa shape index (κ1) is 17.6. The molecule has 2 aliphatic rings. The van der Waals surface area contributed by atoms with Crippen LogP contribution in [0.2, 0.25) is 0 Å². The van der Waals surface area contributed by atoms with Gasteiger partial charge in [-0.3, -0.25) is 4.90 Å². The van der Waals surface area contributed by atoms with E-state index in [1.54, 1.807) is 27.5 Å². The second-order valence-electron chi connectivity index (χ2n) is 7.55. The largest absolute Gasteiger partial charge is 0.353 e. The minimum Gasteiger partial charge on any atom is -0.353 e. The van der Waals surface area contributed by atoms with Gasteiger partial charge in [-0.05, 0) is 61.1 Å². The van der Waals surface area contributed by atoms with Gasteiger partial charge in [0.05, 0.1) is 4.70 Å². The van der Waals surface area contributed by atoms with Crippen molar-refractivity contribution >= 4 is 38.8 Å². The molecule has 1 N–H and O–H groups in total. The molecule has 2 aliphatic heterocycles. The Hall–Kier alpha value is -1.47. The molecule has 0 saturated carbocycles. The van der Waals surface area contributed by atoms with Crippen LogP contribution in [0.1, 0.15) is 20.9 Å². The summed E-state index contributed by atoms with van der Waals surface area (Å²) in [7, 11) is 0. The quantitative estimate of drug-likeness (QED) is 0.726. The standard InChI is InChI=1S/C21H26N4S2/c1-15-16(17-6-8-22-14-20(17)26-15)7-9-24-10-12-25(13-11-24)21-18-4-2-3-5-19(18)27-23-21/h2-5,22H,6-14H2,1H3. The first-order valence-electron chi connectivity index (χ1n) is 9.92. The van der Waals surface area contributed by atoms with Gasteiger partial charge in [0.1, 0.15) is 5.82 Å². The second-order valence-corrected chi connectivity index (χ2v) is 9.66. The molecule has 6 heteroatoms. The molecule has 5 rings (SSSR count). The average Bonchev–Trinajstić information content (AvgIpc) is 3.27. The molecule has 142 valence electrons. The fraction of sp³-hybridized carbons (Fsp3) is 0.476. The van der Waals surface area contributed by atoms with Crippen LogP contribution in [-0.2, 0) is 19.4 Å². The second kappa shape index (κ2) is 7.51. The third-order valence-corrected chi connectivity index (χ3v) is 7.95. The molecule has 2 aromatic heterocycles. The normalized spacial score (nSPS) is 18.2. The number of rotatable bonds is 4. The monoisotopic (exact) mass is 398 g/mol. The van der Waals surface area contributed by atoms with Gasteiger partial charge in [0.25, 0.3) is 0 Å². The van der Waals surface area contributed by atoms with E-state index in [-0.39, 0.29) is 0 Å². The number of aromatic nitrogens is 1. The highest BCUT2D eigenvalue weighted by atomic mass is 32.1. The molecular weight excluding hydrogens is 372 g/mol. The smallest absolute Gasteiger partial charge is 0.150 e. The summed E-state index contributed by atoms with van der Waals surface area (Å²) in [6.45, 7) is 10.1. The maximum absolute atomic E-state index is 4.73. The number of piperazine rings is 1. The molecule has 1 aromatic carbocycles. The van der Waals surface area contributed by atoms with Crippen molar-refractivity contribution < 1.29 is 0 Å². The van der Waals surface area contributed by atoms with Crippen molar-refractivity contribution in [1.29, 1.82) is 0 Å². The van der Waals surface area contributed by atoms with Crippen molar-refractivity contribution in [2.45, 2.75) is 26.3 Å². The first-order chi connectivity index (χ1) is 13.3. The van der Waals surface area contributed by atoms with Crippen LogP contribution in [0.5, 0.6) is 0 Å². The molecule has 1 saturated heterocycles. The van der Waals surface area contributed by atoms with Crippen molar-refractivity contribution in [3.05, 3.63) is 45.1 Å². The van der Waals surface area contributed by atoms with Crippen LogP contribution in [0.25, 0.3) is 10.1 Å². The van der Waals surface area contributed by atoms with E-state index in [1.165, 1.54) is 40.2 Å². The van der Waals surface area contributed by atoms with Crippen LogP contribution in [0, 0.1) is 6.92 Å². The van der Waals surface area contributed by atoms with Crippen molar-refractivity contribution in [1.82, 2.24) is 14.6 Å². The summed E-state index contributed by atoms with van der Waals surface area (Å²) in [5.41, 5.74) is 3.30. The maximum Gasteiger partial charge on any atom is 0.150 e. The summed E-state index contributed by atoms with van der Waals surface area (Å²) >= 11 is 3.63. The summed E-state index contributed by atoms with van der Waals surface area (Å²) in [5.74, 6) is 1.19. The Morgan fingerprint density at radius 3 is 2.89 bits per heavy atom. The molecule has 0 aliphatic carbocycles. The molecular formula is C21H26N4S2. The molecule has 0 spiro atoms. The fourth-order valence-electron chi connectivity index (χ4n) is 4.42. The van der Waals surface area contributed by atoms with Crippen LogP contribution < -0.4 is 10.2 Å². The molecule has 1 fully saturated rings. The van der Waals surface area contributed by atoms with Crippen molar-refractivity contribution in [2.24, 2.45) is 0 Å². The average molecular weight is 399 g/mol. The predicted molar refractivity (Wildman–Crippen MR) is 116 cm³/mol. The van der Waals surface area contributed by atoms with E-state index in [0.717, 1.165) is 39.3 Å². The minimum absolute atomic E-state index is 1.07. The number of benzene rings is 1. The number of hydrogen-bond acceptors (Lipinski definition) is 6. The van der Waals surface area contributed by atoms with Gasteiger partial charge in [0, 0.05) is 54.4 Å². The molecule has 4 nitrogen and oxygen atoms in total. The Morgan fingerprint density at radius 1 is 1.15 bits per heavy atom. The van der Waals surface area contributed by atoms with E-state index in [0.29, 0.717) is 0 Å². The highest BCUT2D eigenvalue weighted by Crippen LogP contribution is 2.32. The van der Waals surface area contributed by atoms with Crippen molar-refractivity contribution in [3.63, 3.8) is 0 Å². The van der Waals surface area contributed by atoms with E-state index in [9.17, 15) is 0 Å². The lowest BCUT2D eigenvalue weighted by atomic mass is 10.00. The third kappa shape index (κ3) is 3.40. The van der Waals surface area contributed by atoms with Gasteiger partial charge in [-0.15, -0.1) is 11.3 Å². The molecule has 0 bridgehead atoms. The summed E-state index contributed by atoms with van der Waals surface area (Å²) in [6.07, 6.45) is 2.41. The molecule has 3 aromatic rings. The zero-order chi connectivity index (χ0) is 18.2. The minimum atomic E-state index is 1.07. The number of hydrogen-bond donors (Lipinski definition) is 1. The zero-order valence-corrected chi connectivity index (χ0v) is 17.5. The Kier molecular flexibility index (Phi) is 4.90. The van der Waals surface area contributed by atoms with E-state index < -0.39 is 0 Å². The summed E-state index contributed by atoms with van der Waals surface area (Å²) in [6, 6.07) is 8.60. The van der Waals surface area contributed by atoms with Crippen molar-refractivity contribution in [3.8, 4) is 0 Å². The molecule has 4 heterocycles. The van der Waals surface area contributed by atoms with Gasteiger partial charge in [-0.25, -0.2) is 0 Å². The maximum atomic E-state index is 4.73. The van der Waals surface area contributed by atoms with Crippen LogP contribution in [0.15, 0.2) is 24.3 Å². The van der Waals surface area contributed by atoms with Crippen molar-refractivity contribution in [2.75, 3.05) is 44.2 Å². The Labute approximate surface area is 169 Å². The van der Waals surface area contributed by atoms with Gasteiger partial charge >= 0.3 is 0 Å². The van der Waals surface area contributed by atoms with Gasteiger partial charge < -0.3 is 10.2 Å². The van der Waals surface area contributed by atoms with E-state index in [1.807, 2.05) is 11.3 Å². The van der Waals surface area contributed by atoms with Gasteiger partial charge in [0.15, 0.2) is 0 Å². The van der Waals surface area contributed by atoms with E-state index in [2.05, 4.69) is 46.3 Å². The molecule has 27 heavy (non-hydrogen) atoms. The van der Waals surface area contributed by atoms with Crippen LogP contribution in [0.4, 0.5) is 5.82 Å².